The zero-order valence-corrected chi connectivity index (χ0v) is 16.7. The van der Waals surface area contributed by atoms with Gasteiger partial charge in [0.15, 0.2) is 0 Å². The van der Waals surface area contributed by atoms with E-state index in [1.165, 1.54) is 4.90 Å². The molecule has 162 valence electrons. The molecule has 3 fully saturated rings. The Morgan fingerprint density at radius 3 is 1.50 bits per heavy atom. The van der Waals surface area contributed by atoms with Crippen LogP contribution in [-0.2, 0) is 34.1 Å². The van der Waals surface area contributed by atoms with E-state index in [1.807, 2.05) is 0 Å². The van der Waals surface area contributed by atoms with Gasteiger partial charge in [-0.3, -0.25) is 4.79 Å². The summed E-state index contributed by atoms with van der Waals surface area (Å²) in [5.41, 5.74) is 0. The molecule has 1 atom stereocenters. The third-order valence-corrected chi connectivity index (χ3v) is 5.84. The largest absolute Gasteiger partial charge is 0.480 e. The maximum absolute atomic E-state index is 11.4. The van der Waals surface area contributed by atoms with Crippen molar-refractivity contribution < 1.29 is 39.2 Å². The average molecular weight is 403 g/mol. The molecule has 0 bridgehead atoms. The van der Waals surface area contributed by atoms with Gasteiger partial charge >= 0.3 is 5.97 Å². The lowest BCUT2D eigenvalue weighted by molar-refractivity contribution is -0.579. The summed E-state index contributed by atoms with van der Waals surface area (Å²) in [4.78, 5) is 46.9. The van der Waals surface area contributed by atoms with Crippen LogP contribution in [0.15, 0.2) is 0 Å². The van der Waals surface area contributed by atoms with Gasteiger partial charge in [-0.1, -0.05) is 25.7 Å². The molecule has 9 nitrogen and oxygen atoms in total. The number of aliphatic carboxylic acids is 1. The van der Waals surface area contributed by atoms with Crippen LogP contribution in [0.25, 0.3) is 0 Å². The average Bonchev–Trinajstić information content (AvgIpc) is 3.07. The highest BCUT2D eigenvalue weighted by Crippen LogP contribution is 2.38. The predicted molar refractivity (Wildman–Crippen MR) is 96.0 cm³/mol. The molecule has 2 spiro atoms. The molecule has 0 aromatic heterocycles. The standard InChI is InChI=1S/C19H33NO8/c1-16(17(21)22)20-14-23-25-18(10-6-2-3-7-11-18)27-28-19(26-24-15-20)12-8-4-5-9-13-19/h16H,2-15H2,1H3,(H,21,22). The molecule has 0 amide bonds. The SMILES string of the molecule is CC(C(=O)O)N1COOC2(CCCCCC2)OOC2(CCCCCC2)OOC1. The van der Waals surface area contributed by atoms with Crippen LogP contribution in [0.2, 0.25) is 0 Å². The second-order valence-corrected chi connectivity index (χ2v) is 8.08. The summed E-state index contributed by atoms with van der Waals surface area (Å²) in [6.45, 7) is 1.38. The molecule has 3 aliphatic rings. The quantitative estimate of drug-likeness (QED) is 0.693. The van der Waals surface area contributed by atoms with Crippen LogP contribution in [-0.4, -0.2) is 47.1 Å². The molecular weight excluding hydrogens is 370 g/mol. The highest BCUT2D eigenvalue weighted by Gasteiger charge is 2.43. The maximum Gasteiger partial charge on any atom is 0.320 e. The van der Waals surface area contributed by atoms with Gasteiger partial charge in [0, 0.05) is 25.7 Å². The zero-order chi connectivity index (χ0) is 19.9. The van der Waals surface area contributed by atoms with E-state index in [2.05, 4.69) is 0 Å². The molecule has 2 aliphatic carbocycles. The van der Waals surface area contributed by atoms with Crippen molar-refractivity contribution >= 4 is 5.97 Å². The summed E-state index contributed by atoms with van der Waals surface area (Å²) in [6.07, 6.45) is 10.7. The zero-order valence-electron chi connectivity index (χ0n) is 16.7. The van der Waals surface area contributed by atoms with E-state index in [4.69, 9.17) is 29.3 Å². The lowest BCUT2D eigenvalue weighted by atomic mass is 10.1. The molecule has 2 saturated carbocycles. The Hall–Kier alpha value is -0.810. The Kier molecular flexibility index (Phi) is 8.04. The first-order chi connectivity index (χ1) is 13.5. The normalized spacial score (nSPS) is 28.8. The third-order valence-electron chi connectivity index (χ3n) is 5.84. The van der Waals surface area contributed by atoms with Crippen LogP contribution >= 0.6 is 0 Å². The minimum absolute atomic E-state index is 0.0884. The number of rotatable bonds is 2. The van der Waals surface area contributed by atoms with Crippen LogP contribution in [0.4, 0.5) is 0 Å². The number of carboxylic acids is 1. The lowest BCUT2D eigenvalue weighted by Crippen LogP contribution is -2.43. The highest BCUT2D eigenvalue weighted by atomic mass is 17.4. The van der Waals surface area contributed by atoms with Gasteiger partial charge < -0.3 is 5.11 Å². The fourth-order valence-corrected chi connectivity index (χ4v) is 3.87. The van der Waals surface area contributed by atoms with E-state index in [-0.39, 0.29) is 13.5 Å². The smallest absolute Gasteiger partial charge is 0.320 e. The molecule has 0 aromatic rings. The second-order valence-electron chi connectivity index (χ2n) is 8.08. The van der Waals surface area contributed by atoms with Gasteiger partial charge in [-0.25, -0.2) is 14.7 Å². The lowest BCUT2D eigenvalue weighted by Gasteiger charge is -2.35. The minimum Gasteiger partial charge on any atom is -0.480 e. The molecule has 1 saturated heterocycles. The van der Waals surface area contributed by atoms with E-state index in [0.717, 1.165) is 51.4 Å². The highest BCUT2D eigenvalue weighted by molar-refractivity contribution is 5.72. The van der Waals surface area contributed by atoms with E-state index in [0.29, 0.717) is 25.7 Å². The molecule has 1 heterocycles. The van der Waals surface area contributed by atoms with Gasteiger partial charge in [-0.2, -0.15) is 19.6 Å². The number of hydrogen-bond donors (Lipinski definition) is 1. The van der Waals surface area contributed by atoms with E-state index in [1.54, 1.807) is 6.92 Å². The number of carbonyl (C=O) groups is 1. The fourth-order valence-electron chi connectivity index (χ4n) is 3.87. The molecule has 28 heavy (non-hydrogen) atoms. The first-order valence-corrected chi connectivity index (χ1v) is 10.5. The molecular formula is C19H33NO8. The first kappa shape index (κ1) is 21.9. The van der Waals surface area contributed by atoms with Crippen LogP contribution in [0.5, 0.6) is 0 Å². The van der Waals surface area contributed by atoms with E-state index >= 15 is 0 Å². The van der Waals surface area contributed by atoms with Crippen molar-refractivity contribution in [1.29, 1.82) is 0 Å². The van der Waals surface area contributed by atoms with E-state index in [9.17, 15) is 9.90 Å². The van der Waals surface area contributed by atoms with Crippen molar-refractivity contribution in [2.75, 3.05) is 13.5 Å². The van der Waals surface area contributed by atoms with Crippen LogP contribution in [0.3, 0.4) is 0 Å². The van der Waals surface area contributed by atoms with Crippen LogP contribution < -0.4 is 0 Å². The molecule has 0 aromatic carbocycles. The summed E-state index contributed by atoms with van der Waals surface area (Å²) < 4.78 is 0. The van der Waals surface area contributed by atoms with Crippen LogP contribution in [0.1, 0.15) is 84.0 Å². The number of carboxylic acid groups (broad SMARTS) is 1. The van der Waals surface area contributed by atoms with Gasteiger partial charge in [0.25, 0.3) is 0 Å². The minimum atomic E-state index is -1.03. The topological polar surface area (TPSA) is 95.9 Å². The Morgan fingerprint density at radius 2 is 1.14 bits per heavy atom. The molecule has 1 N–H and O–H groups in total. The van der Waals surface area contributed by atoms with Crippen LogP contribution in [0, 0.1) is 0 Å². The fraction of sp³-hybridized carbons (Fsp3) is 0.947. The van der Waals surface area contributed by atoms with Crippen molar-refractivity contribution in [3.63, 3.8) is 0 Å². The Bertz CT molecular complexity index is 452. The molecule has 9 heteroatoms. The van der Waals surface area contributed by atoms with E-state index < -0.39 is 23.6 Å². The summed E-state index contributed by atoms with van der Waals surface area (Å²) in [6, 6.07) is -0.829. The van der Waals surface area contributed by atoms with Crippen molar-refractivity contribution in [2.24, 2.45) is 0 Å². The van der Waals surface area contributed by atoms with Crippen molar-refractivity contribution in [3.05, 3.63) is 0 Å². The van der Waals surface area contributed by atoms with Gasteiger partial charge in [-0.15, -0.1) is 0 Å². The summed E-state index contributed by atoms with van der Waals surface area (Å²) in [5, 5.41) is 9.35. The summed E-state index contributed by atoms with van der Waals surface area (Å²) >= 11 is 0. The van der Waals surface area contributed by atoms with Gasteiger partial charge in [0.1, 0.15) is 19.5 Å². The Morgan fingerprint density at radius 1 is 0.750 bits per heavy atom. The molecule has 1 aliphatic heterocycles. The monoisotopic (exact) mass is 403 g/mol. The molecule has 0 radical (unpaired) electrons. The Labute approximate surface area is 165 Å². The van der Waals surface area contributed by atoms with Gasteiger partial charge in [-0.05, 0) is 32.6 Å². The van der Waals surface area contributed by atoms with Crippen molar-refractivity contribution in [1.82, 2.24) is 4.90 Å². The van der Waals surface area contributed by atoms with Crippen molar-refractivity contribution in [3.8, 4) is 0 Å². The molecule has 1 unspecified atom stereocenters. The molecule has 3 rings (SSSR count). The number of hydrogen-bond acceptors (Lipinski definition) is 8. The summed E-state index contributed by atoms with van der Waals surface area (Å²) in [7, 11) is 0. The predicted octanol–water partition coefficient (Wildman–Crippen LogP) is 3.64. The number of nitrogens with zero attached hydrogens (tertiary/aromatic N) is 1. The first-order valence-electron chi connectivity index (χ1n) is 10.5. The second kappa shape index (κ2) is 10.3. The third kappa shape index (κ3) is 5.85. The van der Waals surface area contributed by atoms with Crippen molar-refractivity contribution in [2.45, 2.75) is 102 Å². The maximum atomic E-state index is 11.4. The van der Waals surface area contributed by atoms with Gasteiger partial charge in [0.05, 0.1) is 0 Å². The van der Waals surface area contributed by atoms with Gasteiger partial charge in [0.2, 0.25) is 11.6 Å². The Balaban J connectivity index is 1.78. The summed E-state index contributed by atoms with van der Waals surface area (Å²) in [5.74, 6) is -3.04.